The molecule has 0 aliphatic heterocycles. The van der Waals surface area contributed by atoms with Crippen molar-refractivity contribution < 1.29 is 35.9 Å². The number of hydrogen-bond acceptors (Lipinski definition) is 4. The number of allylic oxidation sites excluding steroid dienone is 4. The SMILES string of the molecule is CCCCCCCCC=CCCCCCCCCN(CCNC(=O)C(F)(F)F)CCN(CCCCCCCCC=CCCCCCCCC)CCNC(=O)C(F)(F)F. The lowest BCUT2D eigenvalue weighted by atomic mass is 10.1. The van der Waals surface area contributed by atoms with Gasteiger partial charge in [-0.3, -0.25) is 9.59 Å². The molecule has 0 bridgehead atoms. The second-order valence-corrected chi connectivity index (χ2v) is 16.1. The molecule has 0 saturated carbocycles. The third kappa shape index (κ3) is 38.1. The molecule has 0 aliphatic rings. The highest BCUT2D eigenvalue weighted by atomic mass is 19.4. The first-order valence-electron chi connectivity index (χ1n) is 23.4. The van der Waals surface area contributed by atoms with Crippen molar-refractivity contribution in [3.63, 3.8) is 0 Å². The number of rotatable bonds is 41. The Labute approximate surface area is 350 Å². The number of alkyl halides is 6. The Bertz CT molecular complexity index is 928. The van der Waals surface area contributed by atoms with Gasteiger partial charge in [0.2, 0.25) is 0 Å². The highest BCUT2D eigenvalue weighted by Gasteiger charge is 2.39. The highest BCUT2D eigenvalue weighted by Crippen LogP contribution is 2.16. The Morgan fingerprint density at radius 2 is 0.638 bits per heavy atom. The molecule has 0 fully saturated rings. The van der Waals surface area contributed by atoms with Gasteiger partial charge in [-0.25, -0.2) is 0 Å². The molecule has 0 unspecified atom stereocenters. The van der Waals surface area contributed by atoms with Crippen LogP contribution in [0.1, 0.15) is 194 Å². The topological polar surface area (TPSA) is 64.7 Å². The van der Waals surface area contributed by atoms with Gasteiger partial charge in [0.05, 0.1) is 0 Å². The minimum atomic E-state index is -4.95. The molecule has 58 heavy (non-hydrogen) atoms. The molecule has 0 aromatic rings. The van der Waals surface area contributed by atoms with Crippen LogP contribution in [0.15, 0.2) is 24.3 Å². The van der Waals surface area contributed by atoms with Crippen molar-refractivity contribution in [2.24, 2.45) is 0 Å². The summed E-state index contributed by atoms with van der Waals surface area (Å²) in [5.74, 6) is -3.93. The summed E-state index contributed by atoms with van der Waals surface area (Å²) in [6.45, 7) is 6.92. The Hall–Kier alpha value is -2.08. The second-order valence-electron chi connectivity index (χ2n) is 16.1. The third-order valence-corrected chi connectivity index (χ3v) is 10.6. The molecule has 0 radical (unpaired) electrons. The Morgan fingerprint density at radius 3 is 0.914 bits per heavy atom. The molecule has 0 spiro atoms. The Balaban J connectivity index is 4.72. The smallest absolute Gasteiger partial charge is 0.347 e. The van der Waals surface area contributed by atoms with E-state index in [0.29, 0.717) is 26.2 Å². The van der Waals surface area contributed by atoms with E-state index >= 15 is 0 Å². The van der Waals surface area contributed by atoms with Gasteiger partial charge in [-0.15, -0.1) is 0 Å². The van der Waals surface area contributed by atoms with Gasteiger partial charge in [-0.1, -0.05) is 154 Å². The summed E-state index contributed by atoms with van der Waals surface area (Å²) < 4.78 is 76.8. The van der Waals surface area contributed by atoms with Crippen LogP contribution in [-0.2, 0) is 9.59 Å². The fraction of sp³-hybridized carbons (Fsp3) is 0.870. The Kier molecular flexibility index (Phi) is 37.7. The minimum Gasteiger partial charge on any atom is -0.347 e. The van der Waals surface area contributed by atoms with Crippen molar-refractivity contribution in [2.75, 3.05) is 52.4 Å². The summed E-state index contributed by atoms with van der Waals surface area (Å²) in [5, 5.41) is 3.92. The van der Waals surface area contributed by atoms with Gasteiger partial charge in [0.15, 0.2) is 0 Å². The van der Waals surface area contributed by atoms with E-state index in [1.807, 2.05) is 20.4 Å². The van der Waals surface area contributed by atoms with Crippen LogP contribution in [0, 0.1) is 0 Å². The van der Waals surface area contributed by atoms with E-state index in [-0.39, 0.29) is 26.2 Å². The standard InChI is InChI=1S/C46H84F6N4O2/c1-3-5-7-9-11-13-15-17-19-21-23-25-27-29-31-33-37-55(39-35-53-43(57)45(47,48)49)41-42-56(40-36-54-44(58)46(50,51)52)38-34-32-30-28-26-24-22-20-18-16-14-12-10-8-6-4-2/h17-20H,3-16,21-42H2,1-2H3,(H,53,57)(H,54,58). The molecule has 0 aromatic heterocycles. The molecule has 0 rings (SSSR count). The van der Waals surface area contributed by atoms with Gasteiger partial charge in [-0.2, -0.15) is 26.3 Å². The van der Waals surface area contributed by atoms with Crippen LogP contribution in [0.4, 0.5) is 26.3 Å². The summed E-state index contributed by atoms with van der Waals surface area (Å²) in [5.41, 5.74) is 0. The summed E-state index contributed by atoms with van der Waals surface area (Å²) in [6.07, 6.45) is 32.3. The summed E-state index contributed by atoms with van der Waals surface area (Å²) >= 11 is 0. The quantitative estimate of drug-likeness (QED) is 0.0366. The molecule has 0 atom stereocenters. The zero-order valence-corrected chi connectivity index (χ0v) is 36.7. The van der Waals surface area contributed by atoms with E-state index in [2.05, 4.69) is 38.2 Å². The second kappa shape index (κ2) is 39.1. The van der Waals surface area contributed by atoms with Crippen LogP contribution in [0.5, 0.6) is 0 Å². The zero-order chi connectivity index (χ0) is 43.0. The van der Waals surface area contributed by atoms with Gasteiger partial charge >= 0.3 is 24.2 Å². The predicted molar refractivity (Wildman–Crippen MR) is 230 cm³/mol. The number of hydrogen-bond donors (Lipinski definition) is 2. The van der Waals surface area contributed by atoms with Gasteiger partial charge < -0.3 is 20.4 Å². The number of amides is 2. The van der Waals surface area contributed by atoms with Crippen molar-refractivity contribution in [3.8, 4) is 0 Å². The predicted octanol–water partition coefficient (Wildman–Crippen LogP) is 13.0. The lowest BCUT2D eigenvalue weighted by Gasteiger charge is -2.28. The summed E-state index contributed by atoms with van der Waals surface area (Å²) in [7, 11) is 0. The van der Waals surface area contributed by atoms with Crippen LogP contribution < -0.4 is 10.6 Å². The number of unbranched alkanes of at least 4 members (excludes halogenated alkanes) is 24. The molecular formula is C46H84F6N4O2. The number of carbonyl (C=O) groups is 2. The van der Waals surface area contributed by atoms with E-state index in [4.69, 9.17) is 0 Å². The lowest BCUT2D eigenvalue weighted by molar-refractivity contribution is -0.173. The molecule has 342 valence electrons. The van der Waals surface area contributed by atoms with Crippen molar-refractivity contribution >= 4 is 11.8 Å². The highest BCUT2D eigenvalue weighted by molar-refractivity contribution is 5.81. The molecule has 0 saturated heterocycles. The minimum absolute atomic E-state index is 0.152. The van der Waals surface area contributed by atoms with E-state index in [1.165, 1.54) is 77.0 Å². The molecule has 6 nitrogen and oxygen atoms in total. The maximum Gasteiger partial charge on any atom is 0.471 e. The molecule has 0 heterocycles. The number of carbonyl (C=O) groups excluding carboxylic acids is 2. The molecular weight excluding hydrogens is 755 g/mol. The largest absolute Gasteiger partial charge is 0.471 e. The van der Waals surface area contributed by atoms with E-state index in [0.717, 1.165) is 103 Å². The van der Waals surface area contributed by atoms with Crippen LogP contribution in [0.25, 0.3) is 0 Å². The van der Waals surface area contributed by atoms with Crippen LogP contribution in [0.3, 0.4) is 0 Å². The molecule has 0 aliphatic carbocycles. The first-order chi connectivity index (χ1) is 27.9. The van der Waals surface area contributed by atoms with Crippen molar-refractivity contribution in [2.45, 2.75) is 206 Å². The Morgan fingerprint density at radius 1 is 0.379 bits per heavy atom. The normalized spacial score (nSPS) is 12.5. The van der Waals surface area contributed by atoms with Gasteiger partial charge in [0, 0.05) is 39.3 Å². The fourth-order valence-electron chi connectivity index (χ4n) is 6.98. The molecule has 12 heteroatoms. The third-order valence-electron chi connectivity index (χ3n) is 10.6. The summed E-state index contributed by atoms with van der Waals surface area (Å²) in [6, 6.07) is 0. The van der Waals surface area contributed by atoms with Crippen molar-refractivity contribution in [3.05, 3.63) is 24.3 Å². The van der Waals surface area contributed by atoms with E-state index in [1.54, 1.807) is 0 Å². The van der Waals surface area contributed by atoms with Gasteiger partial charge in [0.25, 0.3) is 0 Å². The zero-order valence-electron chi connectivity index (χ0n) is 36.7. The maximum absolute atomic E-state index is 12.8. The molecule has 2 amide bonds. The monoisotopic (exact) mass is 839 g/mol. The van der Waals surface area contributed by atoms with Crippen LogP contribution in [0.2, 0.25) is 0 Å². The fourth-order valence-corrected chi connectivity index (χ4v) is 6.98. The summed E-state index contributed by atoms with van der Waals surface area (Å²) in [4.78, 5) is 26.9. The number of halogens is 6. The average molecular weight is 839 g/mol. The van der Waals surface area contributed by atoms with Crippen molar-refractivity contribution in [1.82, 2.24) is 20.4 Å². The molecule has 0 aromatic carbocycles. The van der Waals surface area contributed by atoms with E-state index < -0.39 is 24.2 Å². The van der Waals surface area contributed by atoms with E-state index in [9.17, 15) is 35.9 Å². The first-order valence-corrected chi connectivity index (χ1v) is 23.4. The van der Waals surface area contributed by atoms with Crippen LogP contribution in [-0.4, -0.2) is 86.3 Å². The maximum atomic E-state index is 12.8. The van der Waals surface area contributed by atoms with Crippen molar-refractivity contribution in [1.29, 1.82) is 0 Å². The van der Waals surface area contributed by atoms with Crippen LogP contribution >= 0.6 is 0 Å². The molecule has 2 N–H and O–H groups in total. The first kappa shape index (κ1) is 55.9. The number of nitrogens with one attached hydrogen (secondary N) is 2. The lowest BCUT2D eigenvalue weighted by Crippen LogP contribution is -2.45. The average Bonchev–Trinajstić information content (AvgIpc) is 3.18. The van der Waals surface area contributed by atoms with Gasteiger partial charge in [0.1, 0.15) is 0 Å². The number of nitrogens with zero attached hydrogens (tertiary/aromatic N) is 2. The van der Waals surface area contributed by atoms with Gasteiger partial charge in [-0.05, 0) is 77.3 Å².